The lowest BCUT2D eigenvalue weighted by Crippen LogP contribution is -2.42. The van der Waals surface area contributed by atoms with Crippen LogP contribution in [0.2, 0.25) is 5.28 Å². The van der Waals surface area contributed by atoms with Crippen LogP contribution in [0, 0.1) is 54.9 Å². The molecule has 0 aliphatic carbocycles. The average molecular weight is 1250 g/mol. The Labute approximate surface area is 519 Å². The van der Waals surface area contributed by atoms with Crippen molar-refractivity contribution in [3.63, 3.8) is 0 Å². The normalized spacial score (nSPS) is 18.6. The molecule has 4 aliphatic rings. The molecule has 0 bridgehead atoms. The zero-order chi connectivity index (χ0) is 64.0. The van der Waals surface area contributed by atoms with Crippen molar-refractivity contribution in [1.29, 1.82) is 0 Å². The van der Waals surface area contributed by atoms with Crippen molar-refractivity contribution in [2.45, 2.75) is 151 Å². The third-order valence-corrected chi connectivity index (χ3v) is 16.5. The molecule has 4 aliphatic heterocycles. The second-order valence-electron chi connectivity index (χ2n) is 26.1. The summed E-state index contributed by atoms with van der Waals surface area (Å²) in [5.74, 6) is -0.206. The van der Waals surface area contributed by atoms with Crippen LogP contribution in [0.15, 0.2) is 73.6 Å². The molecule has 8 aromatic rings. The smallest absolute Gasteiger partial charge is 0.410 e. The average Bonchev–Trinajstić information content (AvgIpc) is 2.49. The van der Waals surface area contributed by atoms with Crippen molar-refractivity contribution < 1.29 is 41.0 Å². The molecule has 0 radical (unpaired) electrons. The van der Waals surface area contributed by atoms with Crippen molar-refractivity contribution >= 4 is 45.9 Å². The van der Waals surface area contributed by atoms with Crippen molar-refractivity contribution in [2.75, 3.05) is 39.3 Å². The van der Waals surface area contributed by atoms with Gasteiger partial charge in [-0.05, 0) is 161 Å². The lowest BCUT2D eigenvalue weighted by Gasteiger charge is -2.28. The Balaban J connectivity index is 0.000000163. The molecule has 2 aromatic carbocycles. The molecule has 4 fully saturated rings. The maximum Gasteiger partial charge on any atom is 0.410 e. The molecule has 89 heavy (non-hydrogen) atoms. The lowest BCUT2D eigenvalue weighted by atomic mass is 10.0. The Morgan fingerprint density at radius 1 is 0.562 bits per heavy atom. The predicted molar refractivity (Wildman–Crippen MR) is 328 cm³/mol. The number of aryl methyl sites for hydroxylation is 2. The van der Waals surface area contributed by atoms with E-state index in [1.807, 2.05) is 107 Å². The van der Waals surface area contributed by atoms with Gasteiger partial charge < -0.3 is 28.4 Å². The number of hydrogen-bond acceptors (Lipinski definition) is 14. The highest BCUT2D eigenvalue weighted by Gasteiger charge is 2.46. The van der Waals surface area contributed by atoms with E-state index in [-0.39, 0.29) is 69.4 Å². The monoisotopic (exact) mass is 1250 g/mol. The number of hydrogen-bond donors (Lipinski definition) is 0. The number of imidazole rings is 2. The van der Waals surface area contributed by atoms with Gasteiger partial charge in [0.1, 0.15) is 51.3 Å². The minimum atomic E-state index is -0.814. The molecule has 0 saturated carbocycles. The van der Waals surface area contributed by atoms with Gasteiger partial charge in [0, 0.05) is 123 Å². The van der Waals surface area contributed by atoms with Gasteiger partial charge in [0.15, 0.2) is 11.6 Å². The minimum absolute atomic E-state index is 0.0255. The van der Waals surface area contributed by atoms with Crippen LogP contribution in [0.3, 0.4) is 0 Å². The van der Waals surface area contributed by atoms with Gasteiger partial charge in [0.2, 0.25) is 11.2 Å². The van der Waals surface area contributed by atoms with Crippen LogP contribution in [0.25, 0.3) is 44.3 Å². The molecule has 12 rings (SSSR count). The summed E-state index contributed by atoms with van der Waals surface area (Å²) in [6.07, 6.45) is 11.0. The molecule has 0 unspecified atom stereocenters. The van der Waals surface area contributed by atoms with E-state index in [2.05, 4.69) is 49.7 Å². The van der Waals surface area contributed by atoms with Gasteiger partial charge in [-0.1, -0.05) is 0 Å². The summed E-state index contributed by atoms with van der Waals surface area (Å²) in [6, 6.07) is 9.04. The van der Waals surface area contributed by atoms with Crippen molar-refractivity contribution in [2.24, 2.45) is 11.8 Å². The standard InChI is InChI=1S/C33H39F2N7O2.C16H23ClN4O2.C16H14F3N3/c1-19(2)42-20(3)39-31-26(34)9-23(10-28(31)42)25-11-24(36-15-27(25)35)12-30-37-13-21(14-38-30)16-40-17-22-7-8-41(29(22)18-40)32(43)44-33(4,5)6;1-16(2,3)23-15(22)21-5-4-12-9-20(10-13(12)21)8-11-6-18-14(17)19-7-11;1-8(2)22-9(3)21-16-12(17)4-10(5-14(16)22)11-6-15(19)20-7-13(11)18/h9-11,13-15,19,22,29H,7-8,12,16-18H2,1-6H3;6-7,12-13H,4-5,8-10H2,1-3H3;4-8H,1-3H3/t22-,29+;12-,13+;/m00./s1. The Morgan fingerprint density at radius 2 is 0.989 bits per heavy atom. The summed E-state index contributed by atoms with van der Waals surface area (Å²) in [5, 5.41) is 0.267. The van der Waals surface area contributed by atoms with E-state index in [4.69, 9.17) is 21.1 Å². The van der Waals surface area contributed by atoms with Gasteiger partial charge >= 0.3 is 12.2 Å². The third-order valence-electron chi connectivity index (χ3n) is 16.3. The number of ether oxygens (including phenoxy) is 2. The summed E-state index contributed by atoms with van der Waals surface area (Å²) in [6.45, 7) is 29.5. The summed E-state index contributed by atoms with van der Waals surface area (Å²) in [4.78, 5) is 66.8. The Kier molecular flexibility index (Phi) is 18.8. The van der Waals surface area contributed by atoms with Crippen molar-refractivity contribution in [3.05, 3.63) is 142 Å². The molecule has 24 heteroatoms. The van der Waals surface area contributed by atoms with Crippen LogP contribution < -0.4 is 0 Å². The zero-order valence-corrected chi connectivity index (χ0v) is 53.1. The predicted octanol–water partition coefficient (Wildman–Crippen LogP) is 13.1. The SMILES string of the molecule is CC(C)(C)OC(=O)N1CC[C@H]2CN(Cc3cnc(Cl)nc3)C[C@H]21.Cc1nc2c(F)cc(-c3cc(Cc4ncc(CN5C[C@@H]6CCN(C(=O)OC(C)(C)C)[C@@H]6C5)cn4)ncc3F)cc2n1C(C)C.Cc1nc2c(F)cc(-c3cc(F)ncc3F)cc2n1C(C)C. The zero-order valence-electron chi connectivity index (χ0n) is 52.3. The number of pyridine rings is 2. The third kappa shape index (κ3) is 14.8. The first-order valence-corrected chi connectivity index (χ1v) is 30.5. The highest BCUT2D eigenvalue weighted by Crippen LogP contribution is 2.37. The fourth-order valence-corrected chi connectivity index (χ4v) is 12.8. The number of fused-ring (bicyclic) bond motifs is 4. The van der Waals surface area contributed by atoms with Crippen LogP contribution in [0.1, 0.15) is 128 Å². The number of likely N-dealkylation sites (tertiary alicyclic amines) is 4. The second kappa shape index (κ2) is 26.0. The number of carbonyl (C=O) groups is 2. The minimum Gasteiger partial charge on any atom is -0.444 e. The molecule has 0 N–H and O–H groups in total. The number of aromatic nitrogens is 10. The lowest BCUT2D eigenvalue weighted by molar-refractivity contribution is 0.0206. The van der Waals surface area contributed by atoms with Gasteiger partial charge in [-0.15, -0.1) is 0 Å². The van der Waals surface area contributed by atoms with E-state index < -0.39 is 40.4 Å². The molecule has 6 aromatic heterocycles. The molecule has 2 amide bonds. The van der Waals surface area contributed by atoms with Crippen LogP contribution in [-0.4, -0.2) is 143 Å². The van der Waals surface area contributed by atoms with Crippen molar-refractivity contribution in [1.82, 2.24) is 68.6 Å². The quantitative estimate of drug-likeness (QED) is 0.0717. The summed E-state index contributed by atoms with van der Waals surface area (Å²) < 4.78 is 86.5. The van der Waals surface area contributed by atoms with Crippen LogP contribution >= 0.6 is 11.6 Å². The molecule has 0 spiro atoms. The van der Waals surface area contributed by atoms with E-state index >= 15 is 4.39 Å². The van der Waals surface area contributed by atoms with E-state index in [1.165, 1.54) is 6.07 Å². The molecule has 10 heterocycles. The second-order valence-corrected chi connectivity index (χ2v) is 26.4. The summed E-state index contributed by atoms with van der Waals surface area (Å²) >= 11 is 5.72. The van der Waals surface area contributed by atoms with Crippen LogP contribution in [-0.2, 0) is 29.0 Å². The fourth-order valence-electron chi connectivity index (χ4n) is 12.7. The number of carbonyl (C=O) groups excluding carboxylic acids is 2. The van der Waals surface area contributed by atoms with E-state index in [9.17, 15) is 27.2 Å². The summed E-state index contributed by atoms with van der Waals surface area (Å²) in [5.41, 5.74) is 4.24. The first-order chi connectivity index (χ1) is 42.1. The van der Waals surface area contributed by atoms with E-state index in [0.717, 1.165) is 94.3 Å². The fraction of sp³-hybridized carbons (Fsp3) is 0.477. The topological polar surface area (TPSA) is 179 Å². The molecular formula is C65H76ClF5N14O4. The maximum atomic E-state index is 15.1. The number of nitrogens with zero attached hydrogens (tertiary/aromatic N) is 14. The number of benzene rings is 2. The molecule has 4 saturated heterocycles. The summed E-state index contributed by atoms with van der Waals surface area (Å²) in [7, 11) is 0. The van der Waals surface area contributed by atoms with Gasteiger partial charge in [0.25, 0.3) is 0 Å². The maximum absolute atomic E-state index is 15.1. The van der Waals surface area contributed by atoms with Gasteiger partial charge in [0.05, 0.1) is 41.9 Å². The van der Waals surface area contributed by atoms with E-state index in [0.29, 0.717) is 64.6 Å². The first kappa shape index (κ1) is 64.2. The van der Waals surface area contributed by atoms with Crippen molar-refractivity contribution in [3.8, 4) is 22.3 Å². The highest BCUT2D eigenvalue weighted by molar-refractivity contribution is 6.28. The Bertz CT molecular complexity index is 3890. The highest BCUT2D eigenvalue weighted by atomic mass is 35.5. The molecule has 18 nitrogen and oxygen atoms in total. The van der Waals surface area contributed by atoms with Crippen LogP contribution in [0.4, 0.5) is 31.5 Å². The Morgan fingerprint density at radius 3 is 1.43 bits per heavy atom. The molecule has 4 atom stereocenters. The van der Waals surface area contributed by atoms with E-state index in [1.54, 1.807) is 37.5 Å². The largest absolute Gasteiger partial charge is 0.444 e. The molecule has 472 valence electrons. The van der Waals surface area contributed by atoms with Gasteiger partial charge in [-0.25, -0.2) is 62.0 Å². The van der Waals surface area contributed by atoms with Gasteiger partial charge in [-0.3, -0.25) is 14.8 Å². The van der Waals surface area contributed by atoms with Crippen LogP contribution in [0.5, 0.6) is 0 Å². The first-order valence-electron chi connectivity index (χ1n) is 30.1. The number of amides is 2. The van der Waals surface area contributed by atoms with Gasteiger partial charge in [-0.2, -0.15) is 4.39 Å². The Hall–Kier alpha value is -7.76. The number of rotatable bonds is 10. The number of halogens is 6. The molecular weight excluding hydrogens is 1170 g/mol.